The number of fused-ring (bicyclic) bond motifs is 1. The second kappa shape index (κ2) is 6.93. The zero-order valence-corrected chi connectivity index (χ0v) is 14.7. The van der Waals surface area contributed by atoms with Gasteiger partial charge in [-0.15, -0.1) is 0 Å². The van der Waals surface area contributed by atoms with Crippen molar-refractivity contribution >= 4 is 32.6 Å². The molecule has 7 nitrogen and oxygen atoms in total. The lowest BCUT2D eigenvalue weighted by Crippen LogP contribution is -2.15. The molecule has 4 aromatic rings. The molecule has 0 aliphatic heterocycles. The molecule has 0 radical (unpaired) electrons. The van der Waals surface area contributed by atoms with E-state index in [1.54, 1.807) is 24.2 Å². The Labute approximate surface area is 153 Å². The van der Waals surface area contributed by atoms with E-state index in [2.05, 4.69) is 20.4 Å². The fraction of sp³-hybridized carbons (Fsp3) is 0.111. The Morgan fingerprint density at radius 1 is 1.27 bits per heavy atom. The number of carbonyl (C=O) groups is 1. The van der Waals surface area contributed by atoms with Crippen LogP contribution in [0.2, 0.25) is 0 Å². The van der Waals surface area contributed by atoms with Crippen LogP contribution in [0.3, 0.4) is 0 Å². The molecule has 0 saturated heterocycles. The Hall–Kier alpha value is -3.26. The van der Waals surface area contributed by atoms with Gasteiger partial charge in [0, 0.05) is 11.6 Å². The lowest BCUT2D eigenvalue weighted by molar-refractivity contribution is 0.102. The highest BCUT2D eigenvalue weighted by atomic mass is 32.1. The standard InChI is InChI=1S/C18H15N5O2S/c1-25-13-6-7-16-15(8-13)21-18(26-16)22-17(24)14-5-3-2-4-12(14)9-23-11-19-10-20-23/h2-8,10-11H,9H2,1H3,(H,21,22,24). The highest BCUT2D eigenvalue weighted by molar-refractivity contribution is 7.22. The molecule has 2 aromatic carbocycles. The fourth-order valence-electron chi connectivity index (χ4n) is 2.62. The summed E-state index contributed by atoms with van der Waals surface area (Å²) in [6.45, 7) is 0.473. The number of benzene rings is 2. The van der Waals surface area contributed by atoms with Gasteiger partial charge in [0.25, 0.3) is 5.91 Å². The normalized spacial score (nSPS) is 10.8. The van der Waals surface area contributed by atoms with E-state index in [1.165, 1.54) is 17.7 Å². The van der Waals surface area contributed by atoms with Crippen molar-refractivity contribution in [1.29, 1.82) is 0 Å². The van der Waals surface area contributed by atoms with Gasteiger partial charge < -0.3 is 4.74 Å². The van der Waals surface area contributed by atoms with Crippen molar-refractivity contribution < 1.29 is 9.53 Å². The van der Waals surface area contributed by atoms with Crippen LogP contribution in [0.5, 0.6) is 5.75 Å². The molecule has 0 unspecified atom stereocenters. The van der Waals surface area contributed by atoms with Crippen LogP contribution in [-0.4, -0.2) is 32.8 Å². The number of ether oxygens (including phenoxy) is 1. The van der Waals surface area contributed by atoms with E-state index in [9.17, 15) is 4.79 Å². The van der Waals surface area contributed by atoms with E-state index < -0.39 is 0 Å². The van der Waals surface area contributed by atoms with E-state index >= 15 is 0 Å². The third-order valence-corrected chi connectivity index (χ3v) is 4.83. The predicted octanol–water partition coefficient (Wildman–Crippen LogP) is 3.20. The molecule has 0 bridgehead atoms. The number of thiazole rings is 1. The maximum absolute atomic E-state index is 12.7. The molecule has 0 aliphatic carbocycles. The summed E-state index contributed by atoms with van der Waals surface area (Å²) in [5, 5.41) is 7.53. The van der Waals surface area contributed by atoms with Crippen molar-refractivity contribution in [2.75, 3.05) is 12.4 Å². The van der Waals surface area contributed by atoms with Gasteiger partial charge in [-0.05, 0) is 23.8 Å². The van der Waals surface area contributed by atoms with E-state index in [0.717, 1.165) is 21.5 Å². The van der Waals surface area contributed by atoms with Gasteiger partial charge in [-0.2, -0.15) is 5.10 Å². The van der Waals surface area contributed by atoms with Gasteiger partial charge in [0.2, 0.25) is 0 Å². The number of methoxy groups -OCH3 is 1. The molecule has 8 heteroatoms. The van der Waals surface area contributed by atoms with Gasteiger partial charge in [0.1, 0.15) is 18.4 Å². The summed E-state index contributed by atoms with van der Waals surface area (Å²) in [6.07, 6.45) is 3.09. The second-order valence-electron chi connectivity index (χ2n) is 5.56. The Morgan fingerprint density at radius 2 is 2.15 bits per heavy atom. The highest BCUT2D eigenvalue weighted by Crippen LogP contribution is 2.29. The first-order valence-electron chi connectivity index (χ1n) is 7.89. The minimum Gasteiger partial charge on any atom is -0.497 e. The minimum atomic E-state index is -0.202. The van der Waals surface area contributed by atoms with Gasteiger partial charge in [-0.3, -0.25) is 10.1 Å². The van der Waals surface area contributed by atoms with Crippen LogP contribution in [0, 0.1) is 0 Å². The van der Waals surface area contributed by atoms with Gasteiger partial charge in [0.15, 0.2) is 5.13 Å². The summed E-state index contributed by atoms with van der Waals surface area (Å²) < 4.78 is 7.87. The summed E-state index contributed by atoms with van der Waals surface area (Å²) in [5.41, 5.74) is 2.23. The van der Waals surface area contributed by atoms with Crippen LogP contribution in [0.1, 0.15) is 15.9 Å². The summed E-state index contributed by atoms with van der Waals surface area (Å²) in [5.74, 6) is 0.533. The Bertz CT molecular complexity index is 1060. The average Bonchev–Trinajstić information content (AvgIpc) is 3.30. The monoisotopic (exact) mass is 365 g/mol. The number of nitrogens with one attached hydrogen (secondary N) is 1. The second-order valence-corrected chi connectivity index (χ2v) is 6.59. The molecule has 2 aromatic heterocycles. The highest BCUT2D eigenvalue weighted by Gasteiger charge is 2.14. The lowest BCUT2D eigenvalue weighted by Gasteiger charge is -2.08. The summed E-state index contributed by atoms with van der Waals surface area (Å²) in [7, 11) is 1.61. The number of aromatic nitrogens is 4. The number of hydrogen-bond donors (Lipinski definition) is 1. The van der Waals surface area contributed by atoms with Crippen LogP contribution in [0.25, 0.3) is 10.2 Å². The molecular formula is C18H15N5O2S. The topological polar surface area (TPSA) is 81.9 Å². The Morgan fingerprint density at radius 3 is 2.96 bits per heavy atom. The molecule has 2 heterocycles. The fourth-order valence-corrected chi connectivity index (χ4v) is 3.46. The van der Waals surface area contributed by atoms with Gasteiger partial charge >= 0.3 is 0 Å². The van der Waals surface area contributed by atoms with Gasteiger partial charge in [0.05, 0.1) is 23.9 Å². The quantitative estimate of drug-likeness (QED) is 0.587. The van der Waals surface area contributed by atoms with Gasteiger partial charge in [-0.25, -0.2) is 14.6 Å². The SMILES string of the molecule is COc1ccc2sc(NC(=O)c3ccccc3Cn3cncn3)nc2c1. The van der Waals surface area contributed by atoms with Crippen molar-refractivity contribution in [1.82, 2.24) is 19.7 Å². The largest absolute Gasteiger partial charge is 0.497 e. The molecule has 0 fully saturated rings. The molecule has 4 rings (SSSR count). The minimum absolute atomic E-state index is 0.202. The number of nitrogens with zero attached hydrogens (tertiary/aromatic N) is 4. The maximum atomic E-state index is 12.7. The predicted molar refractivity (Wildman–Crippen MR) is 99.7 cm³/mol. The van der Waals surface area contributed by atoms with E-state index in [1.807, 2.05) is 36.4 Å². The zero-order valence-electron chi connectivity index (χ0n) is 13.9. The molecule has 130 valence electrons. The lowest BCUT2D eigenvalue weighted by atomic mass is 10.1. The Kier molecular flexibility index (Phi) is 4.32. The number of carbonyl (C=O) groups excluding carboxylic acids is 1. The first-order chi connectivity index (χ1) is 12.7. The molecular weight excluding hydrogens is 350 g/mol. The molecule has 0 saturated carbocycles. The summed E-state index contributed by atoms with van der Waals surface area (Å²) in [4.78, 5) is 21.2. The molecule has 1 N–H and O–H groups in total. The first kappa shape index (κ1) is 16.2. The number of amides is 1. The maximum Gasteiger partial charge on any atom is 0.257 e. The third kappa shape index (κ3) is 3.27. The first-order valence-corrected chi connectivity index (χ1v) is 8.71. The Balaban J connectivity index is 1.58. The van der Waals surface area contributed by atoms with Crippen molar-refractivity contribution in [3.05, 3.63) is 66.2 Å². The molecule has 1 amide bonds. The van der Waals surface area contributed by atoms with Crippen molar-refractivity contribution in [3.8, 4) is 5.75 Å². The summed E-state index contributed by atoms with van der Waals surface area (Å²) in [6, 6.07) is 13.1. The van der Waals surface area contributed by atoms with Crippen LogP contribution in [-0.2, 0) is 6.54 Å². The van der Waals surface area contributed by atoms with Crippen LogP contribution >= 0.6 is 11.3 Å². The van der Waals surface area contributed by atoms with Crippen LogP contribution in [0.15, 0.2) is 55.1 Å². The van der Waals surface area contributed by atoms with Crippen molar-refractivity contribution in [2.45, 2.75) is 6.54 Å². The molecule has 26 heavy (non-hydrogen) atoms. The summed E-state index contributed by atoms with van der Waals surface area (Å²) >= 11 is 1.42. The van der Waals surface area contributed by atoms with Crippen LogP contribution in [0.4, 0.5) is 5.13 Å². The number of anilines is 1. The smallest absolute Gasteiger partial charge is 0.257 e. The molecule has 0 atom stereocenters. The third-order valence-electron chi connectivity index (χ3n) is 3.88. The van der Waals surface area contributed by atoms with Crippen molar-refractivity contribution in [3.63, 3.8) is 0 Å². The number of rotatable bonds is 5. The molecule has 0 spiro atoms. The van der Waals surface area contributed by atoms with E-state index in [-0.39, 0.29) is 5.91 Å². The van der Waals surface area contributed by atoms with E-state index in [4.69, 9.17) is 4.74 Å². The number of hydrogen-bond acceptors (Lipinski definition) is 6. The zero-order chi connectivity index (χ0) is 17.9. The van der Waals surface area contributed by atoms with E-state index in [0.29, 0.717) is 17.2 Å². The molecule has 0 aliphatic rings. The van der Waals surface area contributed by atoms with Gasteiger partial charge in [-0.1, -0.05) is 29.5 Å². The van der Waals surface area contributed by atoms with Crippen molar-refractivity contribution in [2.24, 2.45) is 0 Å². The average molecular weight is 365 g/mol. The van der Waals surface area contributed by atoms with Crippen LogP contribution < -0.4 is 10.1 Å².